The summed E-state index contributed by atoms with van der Waals surface area (Å²) in [7, 11) is 0. The van der Waals surface area contributed by atoms with E-state index in [9.17, 15) is 9.59 Å². The van der Waals surface area contributed by atoms with E-state index in [0.717, 1.165) is 12.0 Å². The highest BCUT2D eigenvalue weighted by Crippen LogP contribution is 2.36. The lowest BCUT2D eigenvalue weighted by atomic mass is 10.1. The van der Waals surface area contributed by atoms with Gasteiger partial charge in [0.25, 0.3) is 5.56 Å². The molecule has 0 aliphatic rings. The molecule has 6 heteroatoms. The molecule has 0 fully saturated rings. The Kier molecular flexibility index (Phi) is 7.09. The minimum absolute atomic E-state index is 0.0386. The zero-order valence-corrected chi connectivity index (χ0v) is 18.0. The number of carbonyl (C=O) groups is 1. The summed E-state index contributed by atoms with van der Waals surface area (Å²) in [6.07, 6.45) is 0.813. The molecule has 1 atom stereocenters. The third kappa shape index (κ3) is 4.53. The number of likely N-dealkylation sites (N-methyl/N-ethyl adjacent to an activating group) is 1. The second kappa shape index (κ2) is 9.74. The van der Waals surface area contributed by atoms with Crippen LogP contribution in [0.1, 0.15) is 38.0 Å². The molecule has 1 aromatic heterocycles. The quantitative estimate of drug-likeness (QED) is 0.406. The Hall–Kier alpha value is -2.60. The minimum Gasteiger partial charge on any atom is -0.342 e. The van der Waals surface area contributed by atoms with Crippen molar-refractivity contribution in [2.24, 2.45) is 0 Å². The SMILES string of the molecule is CCCn1c(SC(C(=O)N(CC)CC)c2ccccc2)nc2ccccc2c1=O. The van der Waals surface area contributed by atoms with Gasteiger partial charge >= 0.3 is 0 Å². The fraction of sp³-hybridized carbons (Fsp3) is 0.348. The summed E-state index contributed by atoms with van der Waals surface area (Å²) in [6.45, 7) is 7.86. The molecule has 0 saturated carbocycles. The van der Waals surface area contributed by atoms with Crippen molar-refractivity contribution in [1.82, 2.24) is 14.5 Å². The molecule has 0 radical (unpaired) electrons. The molecule has 3 rings (SSSR count). The van der Waals surface area contributed by atoms with Gasteiger partial charge in [0.05, 0.1) is 10.9 Å². The highest BCUT2D eigenvalue weighted by Gasteiger charge is 2.27. The third-order valence-corrected chi connectivity index (χ3v) is 6.13. The maximum Gasteiger partial charge on any atom is 0.262 e. The van der Waals surface area contributed by atoms with Crippen LogP contribution in [0.5, 0.6) is 0 Å². The Morgan fingerprint density at radius 1 is 1.03 bits per heavy atom. The van der Waals surface area contributed by atoms with E-state index in [2.05, 4.69) is 0 Å². The summed E-state index contributed by atoms with van der Waals surface area (Å²) in [4.78, 5) is 33.0. The highest BCUT2D eigenvalue weighted by molar-refractivity contribution is 8.00. The van der Waals surface area contributed by atoms with Crippen LogP contribution in [0, 0.1) is 0 Å². The second-order valence-electron chi connectivity index (χ2n) is 6.79. The van der Waals surface area contributed by atoms with Crippen molar-refractivity contribution in [1.29, 1.82) is 0 Å². The Bertz CT molecular complexity index is 1030. The number of rotatable bonds is 8. The monoisotopic (exact) mass is 409 g/mol. The van der Waals surface area contributed by atoms with Crippen LogP contribution in [0.4, 0.5) is 0 Å². The van der Waals surface area contributed by atoms with Gasteiger partial charge in [-0.05, 0) is 38.0 Å². The maximum atomic E-state index is 13.3. The van der Waals surface area contributed by atoms with E-state index in [4.69, 9.17) is 4.98 Å². The maximum absolute atomic E-state index is 13.3. The van der Waals surface area contributed by atoms with Gasteiger partial charge in [-0.3, -0.25) is 14.2 Å². The molecule has 1 unspecified atom stereocenters. The minimum atomic E-state index is -0.452. The molecule has 5 nitrogen and oxygen atoms in total. The molecule has 0 saturated heterocycles. The van der Waals surface area contributed by atoms with Gasteiger partial charge in [0, 0.05) is 19.6 Å². The molecule has 0 N–H and O–H groups in total. The van der Waals surface area contributed by atoms with E-state index in [0.29, 0.717) is 35.7 Å². The van der Waals surface area contributed by atoms with Crippen molar-refractivity contribution in [3.63, 3.8) is 0 Å². The Morgan fingerprint density at radius 2 is 1.69 bits per heavy atom. The zero-order valence-electron chi connectivity index (χ0n) is 17.2. The number of amides is 1. The van der Waals surface area contributed by atoms with Gasteiger partial charge in [-0.1, -0.05) is 61.2 Å². The molecule has 0 bridgehead atoms. The lowest BCUT2D eigenvalue weighted by Crippen LogP contribution is -2.34. The van der Waals surface area contributed by atoms with Gasteiger partial charge < -0.3 is 4.90 Å². The molecule has 29 heavy (non-hydrogen) atoms. The van der Waals surface area contributed by atoms with E-state index < -0.39 is 5.25 Å². The molecule has 1 amide bonds. The van der Waals surface area contributed by atoms with Crippen LogP contribution in [-0.2, 0) is 11.3 Å². The molecule has 0 aliphatic heterocycles. The van der Waals surface area contributed by atoms with E-state index in [1.54, 1.807) is 10.6 Å². The normalized spacial score (nSPS) is 12.1. The second-order valence-corrected chi connectivity index (χ2v) is 7.86. The van der Waals surface area contributed by atoms with Crippen molar-refractivity contribution in [2.45, 2.75) is 44.1 Å². The van der Waals surface area contributed by atoms with Crippen LogP contribution in [0.25, 0.3) is 10.9 Å². The smallest absolute Gasteiger partial charge is 0.262 e. The first-order chi connectivity index (χ1) is 14.1. The van der Waals surface area contributed by atoms with Gasteiger partial charge in [0.1, 0.15) is 5.25 Å². The predicted molar refractivity (Wildman–Crippen MR) is 119 cm³/mol. The molecule has 0 aliphatic carbocycles. The number of benzene rings is 2. The number of thioether (sulfide) groups is 1. The number of aromatic nitrogens is 2. The number of nitrogens with zero attached hydrogens (tertiary/aromatic N) is 3. The van der Waals surface area contributed by atoms with Crippen molar-refractivity contribution >= 4 is 28.6 Å². The van der Waals surface area contributed by atoms with Crippen LogP contribution < -0.4 is 5.56 Å². The fourth-order valence-corrected chi connectivity index (χ4v) is 4.56. The van der Waals surface area contributed by atoms with Crippen LogP contribution >= 0.6 is 11.8 Å². The van der Waals surface area contributed by atoms with Crippen molar-refractivity contribution in [3.05, 3.63) is 70.5 Å². The van der Waals surface area contributed by atoms with Gasteiger partial charge in [0.2, 0.25) is 5.91 Å². The van der Waals surface area contributed by atoms with Crippen LogP contribution in [0.3, 0.4) is 0 Å². The van der Waals surface area contributed by atoms with Crippen molar-refractivity contribution in [2.75, 3.05) is 13.1 Å². The van der Waals surface area contributed by atoms with Gasteiger partial charge in [-0.15, -0.1) is 0 Å². The van der Waals surface area contributed by atoms with E-state index in [1.165, 1.54) is 11.8 Å². The Labute approximate surface area is 175 Å². The lowest BCUT2D eigenvalue weighted by Gasteiger charge is -2.25. The van der Waals surface area contributed by atoms with E-state index >= 15 is 0 Å². The van der Waals surface area contributed by atoms with Crippen molar-refractivity contribution in [3.8, 4) is 0 Å². The standard InChI is InChI=1S/C23H27N3O2S/c1-4-16-26-21(27)18-14-10-11-15-19(18)24-23(26)29-20(17-12-8-7-9-13-17)22(28)25(5-2)6-3/h7-15,20H,4-6,16H2,1-3H3. The molecular formula is C23H27N3O2S. The fourth-order valence-electron chi connectivity index (χ4n) is 3.35. The van der Waals surface area contributed by atoms with Gasteiger partial charge in [-0.2, -0.15) is 0 Å². The first kappa shape index (κ1) is 21.1. The average molecular weight is 410 g/mol. The first-order valence-corrected chi connectivity index (χ1v) is 11.0. The summed E-state index contributed by atoms with van der Waals surface area (Å²) in [6, 6.07) is 17.1. The summed E-state index contributed by atoms with van der Waals surface area (Å²) in [5.74, 6) is 0.0386. The molecule has 2 aromatic carbocycles. The molecule has 0 spiro atoms. The van der Waals surface area contributed by atoms with Gasteiger partial charge in [-0.25, -0.2) is 4.98 Å². The average Bonchev–Trinajstić information content (AvgIpc) is 2.76. The lowest BCUT2D eigenvalue weighted by molar-refractivity contribution is -0.130. The Balaban J connectivity index is 2.12. The van der Waals surface area contributed by atoms with Crippen LogP contribution in [0.15, 0.2) is 64.5 Å². The van der Waals surface area contributed by atoms with Crippen LogP contribution in [0.2, 0.25) is 0 Å². The third-order valence-electron chi connectivity index (χ3n) is 4.90. The summed E-state index contributed by atoms with van der Waals surface area (Å²) < 4.78 is 1.71. The molecule has 152 valence electrons. The topological polar surface area (TPSA) is 55.2 Å². The number of hydrogen-bond donors (Lipinski definition) is 0. The number of fused-ring (bicyclic) bond motifs is 1. The molecule has 3 aromatic rings. The highest BCUT2D eigenvalue weighted by atomic mass is 32.2. The number of para-hydroxylation sites is 1. The number of carbonyl (C=O) groups excluding carboxylic acids is 1. The summed E-state index contributed by atoms with van der Waals surface area (Å²) in [5.41, 5.74) is 1.52. The van der Waals surface area contributed by atoms with Crippen LogP contribution in [-0.4, -0.2) is 33.4 Å². The van der Waals surface area contributed by atoms with Gasteiger partial charge in [0.15, 0.2) is 5.16 Å². The zero-order chi connectivity index (χ0) is 20.8. The predicted octanol–water partition coefficient (Wildman–Crippen LogP) is 4.51. The number of hydrogen-bond acceptors (Lipinski definition) is 4. The summed E-state index contributed by atoms with van der Waals surface area (Å²) >= 11 is 1.37. The largest absolute Gasteiger partial charge is 0.342 e. The van der Waals surface area contributed by atoms with E-state index in [-0.39, 0.29) is 11.5 Å². The Morgan fingerprint density at radius 3 is 2.34 bits per heavy atom. The first-order valence-electron chi connectivity index (χ1n) is 10.1. The molecule has 1 heterocycles. The summed E-state index contributed by atoms with van der Waals surface area (Å²) in [5, 5.41) is 0.744. The van der Waals surface area contributed by atoms with E-state index in [1.807, 2.05) is 74.2 Å². The molecular weight excluding hydrogens is 382 g/mol. The van der Waals surface area contributed by atoms with Crippen molar-refractivity contribution < 1.29 is 4.79 Å².